The van der Waals surface area contributed by atoms with Crippen LogP contribution in [0.25, 0.3) is 0 Å². The van der Waals surface area contributed by atoms with Crippen molar-refractivity contribution in [3.8, 4) is 0 Å². The Morgan fingerprint density at radius 2 is 1.95 bits per heavy atom. The molecule has 3 N–H and O–H groups in total. The van der Waals surface area contributed by atoms with Crippen LogP contribution in [-0.4, -0.2) is 51.0 Å². The molecule has 122 valence electrons. The van der Waals surface area contributed by atoms with E-state index < -0.39 is 22.2 Å². The van der Waals surface area contributed by atoms with Crippen molar-refractivity contribution in [2.75, 3.05) is 13.2 Å². The zero-order chi connectivity index (χ0) is 15.6. The average molecular weight is 326 g/mol. The fourth-order valence-electron chi connectivity index (χ4n) is 2.76. The summed E-state index contributed by atoms with van der Waals surface area (Å²) in [6, 6.07) is 8.53. The molecule has 1 saturated carbocycles. The minimum absolute atomic E-state index is 0.0707. The van der Waals surface area contributed by atoms with E-state index in [1.165, 1.54) is 18.6 Å². The van der Waals surface area contributed by atoms with Crippen molar-refractivity contribution in [1.29, 1.82) is 0 Å². The normalized spacial score (nSPS) is 29.4. The first-order chi connectivity index (χ1) is 10.6. The molecule has 1 heterocycles. The van der Waals surface area contributed by atoms with Gasteiger partial charge in [-0.3, -0.25) is 0 Å². The SMILES string of the molecule is O=S(=O)(NCC1OCC(NC2CCC2)C1O)c1ccccc1. The summed E-state index contributed by atoms with van der Waals surface area (Å²) in [4.78, 5) is 0.214. The molecule has 3 rings (SSSR count). The maximum absolute atomic E-state index is 12.1. The largest absolute Gasteiger partial charge is 0.389 e. The number of benzene rings is 1. The van der Waals surface area contributed by atoms with Gasteiger partial charge in [-0.1, -0.05) is 24.6 Å². The van der Waals surface area contributed by atoms with Crippen molar-refractivity contribution in [2.45, 2.75) is 48.4 Å². The molecule has 22 heavy (non-hydrogen) atoms. The van der Waals surface area contributed by atoms with E-state index in [4.69, 9.17) is 4.74 Å². The van der Waals surface area contributed by atoms with Crippen LogP contribution in [-0.2, 0) is 14.8 Å². The van der Waals surface area contributed by atoms with Gasteiger partial charge in [-0.05, 0) is 25.0 Å². The van der Waals surface area contributed by atoms with E-state index in [0.29, 0.717) is 12.6 Å². The zero-order valence-corrected chi connectivity index (χ0v) is 13.1. The van der Waals surface area contributed by atoms with Gasteiger partial charge in [0.2, 0.25) is 10.0 Å². The molecule has 1 aliphatic carbocycles. The number of sulfonamides is 1. The lowest BCUT2D eigenvalue weighted by Gasteiger charge is -2.30. The Morgan fingerprint density at radius 1 is 1.23 bits per heavy atom. The summed E-state index contributed by atoms with van der Waals surface area (Å²) in [6.07, 6.45) is 2.28. The first kappa shape index (κ1) is 15.9. The average Bonchev–Trinajstić information content (AvgIpc) is 2.82. The molecule has 0 aromatic heterocycles. The van der Waals surface area contributed by atoms with Crippen LogP contribution in [0.3, 0.4) is 0 Å². The van der Waals surface area contributed by atoms with Crippen molar-refractivity contribution < 1.29 is 18.3 Å². The first-order valence-corrected chi connectivity index (χ1v) is 9.15. The summed E-state index contributed by atoms with van der Waals surface area (Å²) >= 11 is 0. The summed E-state index contributed by atoms with van der Waals surface area (Å²) in [5, 5.41) is 13.6. The van der Waals surface area contributed by atoms with Crippen LogP contribution in [0.5, 0.6) is 0 Å². The molecule has 1 aromatic rings. The first-order valence-electron chi connectivity index (χ1n) is 7.67. The molecular weight excluding hydrogens is 304 g/mol. The van der Waals surface area contributed by atoms with Gasteiger partial charge in [-0.25, -0.2) is 13.1 Å². The second-order valence-electron chi connectivity index (χ2n) is 5.93. The number of nitrogens with one attached hydrogen (secondary N) is 2. The van der Waals surface area contributed by atoms with Crippen molar-refractivity contribution >= 4 is 10.0 Å². The predicted octanol–water partition coefficient (Wildman–Crippen LogP) is 0.235. The van der Waals surface area contributed by atoms with Crippen molar-refractivity contribution in [3.05, 3.63) is 30.3 Å². The van der Waals surface area contributed by atoms with Gasteiger partial charge in [0.05, 0.1) is 29.8 Å². The van der Waals surface area contributed by atoms with E-state index >= 15 is 0 Å². The Labute approximate surface area is 130 Å². The fraction of sp³-hybridized carbons (Fsp3) is 0.600. The van der Waals surface area contributed by atoms with Crippen LogP contribution >= 0.6 is 0 Å². The standard InChI is InChI=1S/C15H22N2O4S/c18-15-13(17-11-5-4-6-11)10-21-14(15)9-16-22(19,20)12-7-2-1-3-8-12/h1-3,7-8,11,13-18H,4-6,9-10H2. The smallest absolute Gasteiger partial charge is 0.240 e. The highest BCUT2D eigenvalue weighted by molar-refractivity contribution is 7.89. The van der Waals surface area contributed by atoms with E-state index in [9.17, 15) is 13.5 Å². The lowest BCUT2D eigenvalue weighted by atomic mass is 9.92. The van der Waals surface area contributed by atoms with Gasteiger partial charge in [0.1, 0.15) is 0 Å². The summed E-state index contributed by atoms with van der Waals surface area (Å²) in [6.45, 7) is 0.483. The Morgan fingerprint density at radius 3 is 2.59 bits per heavy atom. The van der Waals surface area contributed by atoms with Gasteiger partial charge in [0.25, 0.3) is 0 Å². The third-order valence-corrected chi connectivity index (χ3v) is 5.81. The molecular formula is C15H22N2O4S. The van der Waals surface area contributed by atoms with Crippen LogP contribution in [0.1, 0.15) is 19.3 Å². The number of ether oxygens (including phenoxy) is 1. The molecule has 2 fully saturated rings. The number of hydrogen-bond acceptors (Lipinski definition) is 5. The third kappa shape index (κ3) is 3.49. The Balaban J connectivity index is 1.53. The van der Waals surface area contributed by atoms with Crippen LogP contribution < -0.4 is 10.0 Å². The van der Waals surface area contributed by atoms with E-state index in [0.717, 1.165) is 12.8 Å². The highest BCUT2D eigenvalue weighted by Gasteiger charge is 2.38. The number of hydrogen-bond donors (Lipinski definition) is 3. The summed E-state index contributed by atoms with van der Waals surface area (Å²) in [7, 11) is -3.57. The molecule has 0 spiro atoms. The molecule has 3 atom stereocenters. The lowest BCUT2D eigenvalue weighted by molar-refractivity contribution is 0.0436. The minimum Gasteiger partial charge on any atom is -0.389 e. The van der Waals surface area contributed by atoms with Gasteiger partial charge in [-0.15, -0.1) is 0 Å². The number of rotatable bonds is 6. The second-order valence-corrected chi connectivity index (χ2v) is 7.70. The predicted molar refractivity (Wildman–Crippen MR) is 81.9 cm³/mol. The van der Waals surface area contributed by atoms with Gasteiger partial charge >= 0.3 is 0 Å². The molecule has 1 saturated heterocycles. The van der Waals surface area contributed by atoms with Crippen LogP contribution in [0, 0.1) is 0 Å². The summed E-state index contributed by atoms with van der Waals surface area (Å²) in [5.74, 6) is 0. The molecule has 0 radical (unpaired) electrons. The van der Waals surface area contributed by atoms with Gasteiger partial charge < -0.3 is 15.2 Å². The summed E-state index contributed by atoms with van der Waals surface area (Å²) in [5.41, 5.74) is 0. The number of aliphatic hydroxyl groups is 1. The van der Waals surface area contributed by atoms with Crippen molar-refractivity contribution in [1.82, 2.24) is 10.0 Å². The molecule has 0 amide bonds. The Bertz CT molecular complexity index is 589. The van der Waals surface area contributed by atoms with Gasteiger partial charge in [-0.2, -0.15) is 0 Å². The quantitative estimate of drug-likeness (QED) is 0.697. The van der Waals surface area contributed by atoms with E-state index in [2.05, 4.69) is 10.0 Å². The van der Waals surface area contributed by atoms with E-state index in [-0.39, 0.29) is 17.5 Å². The van der Waals surface area contributed by atoms with Crippen LogP contribution in [0.15, 0.2) is 35.2 Å². The van der Waals surface area contributed by atoms with Crippen molar-refractivity contribution in [3.63, 3.8) is 0 Å². The topological polar surface area (TPSA) is 87.7 Å². The molecule has 1 aliphatic heterocycles. The fourth-order valence-corrected chi connectivity index (χ4v) is 3.83. The molecule has 0 bridgehead atoms. The Kier molecular flexibility index (Phi) is 4.79. The lowest BCUT2D eigenvalue weighted by Crippen LogP contribution is -2.50. The van der Waals surface area contributed by atoms with Crippen LogP contribution in [0.2, 0.25) is 0 Å². The highest BCUT2D eigenvalue weighted by Crippen LogP contribution is 2.22. The Hall–Kier alpha value is -0.990. The molecule has 3 unspecified atom stereocenters. The monoisotopic (exact) mass is 326 g/mol. The molecule has 1 aromatic carbocycles. The third-order valence-electron chi connectivity index (χ3n) is 4.37. The summed E-state index contributed by atoms with van der Waals surface area (Å²) < 4.78 is 32.3. The highest BCUT2D eigenvalue weighted by atomic mass is 32.2. The molecule has 7 heteroatoms. The zero-order valence-electron chi connectivity index (χ0n) is 12.3. The maximum Gasteiger partial charge on any atom is 0.240 e. The maximum atomic E-state index is 12.1. The molecule has 6 nitrogen and oxygen atoms in total. The van der Waals surface area contributed by atoms with E-state index in [1.807, 2.05) is 0 Å². The van der Waals surface area contributed by atoms with Crippen LogP contribution in [0.4, 0.5) is 0 Å². The number of aliphatic hydroxyl groups excluding tert-OH is 1. The van der Waals surface area contributed by atoms with Gasteiger partial charge in [0.15, 0.2) is 0 Å². The minimum atomic E-state index is -3.57. The van der Waals surface area contributed by atoms with Gasteiger partial charge in [0, 0.05) is 12.6 Å². The van der Waals surface area contributed by atoms with E-state index in [1.54, 1.807) is 18.2 Å². The second kappa shape index (κ2) is 6.64. The molecule has 2 aliphatic rings. The van der Waals surface area contributed by atoms with Crippen molar-refractivity contribution in [2.24, 2.45) is 0 Å².